The number of hydrogen-bond donors (Lipinski definition) is 0. The molecule has 1 aromatic carbocycles. The lowest BCUT2D eigenvalue weighted by atomic mass is 10.0. The van der Waals surface area contributed by atoms with E-state index in [1.807, 2.05) is 0 Å². The molecule has 116 valence electrons. The molecule has 3 nitrogen and oxygen atoms in total. The van der Waals surface area contributed by atoms with Crippen molar-refractivity contribution in [3.63, 3.8) is 0 Å². The monoisotopic (exact) mass is 288 g/mol. The van der Waals surface area contributed by atoms with Crippen molar-refractivity contribution in [1.82, 2.24) is 9.80 Å². The topological polar surface area (TPSA) is 15.7 Å². The minimum atomic E-state index is 0.809. The maximum absolute atomic E-state index is 6.08. The Labute approximate surface area is 128 Å². The van der Waals surface area contributed by atoms with E-state index in [-0.39, 0.29) is 0 Å². The molecule has 0 radical (unpaired) electrons. The standard InChI is InChI=1S/C18H28N2O/c1-16-6-4-9-20(14-16)12-13-21-18-8-3-2-7-17(18)15-19-10-5-11-19/h2-3,7-8,16H,4-6,9-15H2,1H3. The summed E-state index contributed by atoms with van der Waals surface area (Å²) in [6, 6.07) is 8.52. The molecule has 2 fully saturated rings. The summed E-state index contributed by atoms with van der Waals surface area (Å²) >= 11 is 0. The zero-order valence-electron chi connectivity index (χ0n) is 13.3. The number of ether oxygens (including phenoxy) is 1. The number of rotatable bonds is 6. The first-order valence-corrected chi connectivity index (χ1v) is 8.46. The molecule has 21 heavy (non-hydrogen) atoms. The fourth-order valence-electron chi connectivity index (χ4n) is 3.33. The molecular formula is C18H28N2O. The van der Waals surface area contributed by atoms with Crippen molar-refractivity contribution in [3.8, 4) is 5.75 Å². The highest BCUT2D eigenvalue weighted by molar-refractivity contribution is 5.33. The van der Waals surface area contributed by atoms with Crippen LogP contribution in [0.15, 0.2) is 24.3 Å². The minimum Gasteiger partial charge on any atom is -0.492 e. The number of benzene rings is 1. The van der Waals surface area contributed by atoms with Crippen LogP contribution in [0.25, 0.3) is 0 Å². The van der Waals surface area contributed by atoms with Crippen molar-refractivity contribution in [2.45, 2.75) is 32.7 Å². The third kappa shape index (κ3) is 4.21. The number of likely N-dealkylation sites (tertiary alicyclic amines) is 2. The summed E-state index contributed by atoms with van der Waals surface area (Å²) in [7, 11) is 0. The first-order valence-electron chi connectivity index (χ1n) is 8.46. The highest BCUT2D eigenvalue weighted by Crippen LogP contribution is 2.22. The Morgan fingerprint density at radius 3 is 2.67 bits per heavy atom. The molecule has 2 aliphatic rings. The molecule has 0 spiro atoms. The van der Waals surface area contributed by atoms with Gasteiger partial charge in [0.1, 0.15) is 12.4 Å². The molecule has 1 atom stereocenters. The molecular weight excluding hydrogens is 260 g/mol. The molecule has 0 saturated carbocycles. The molecule has 0 amide bonds. The van der Waals surface area contributed by atoms with Crippen LogP contribution in [0.2, 0.25) is 0 Å². The van der Waals surface area contributed by atoms with Crippen LogP contribution in [0.4, 0.5) is 0 Å². The number of nitrogens with zero attached hydrogens (tertiary/aromatic N) is 2. The fraction of sp³-hybridized carbons (Fsp3) is 0.667. The zero-order chi connectivity index (χ0) is 14.5. The van der Waals surface area contributed by atoms with Crippen LogP contribution < -0.4 is 4.74 Å². The van der Waals surface area contributed by atoms with E-state index in [2.05, 4.69) is 41.0 Å². The maximum Gasteiger partial charge on any atom is 0.123 e. The molecule has 0 aromatic heterocycles. The van der Waals surface area contributed by atoms with Gasteiger partial charge in [-0.25, -0.2) is 0 Å². The van der Waals surface area contributed by atoms with Crippen molar-refractivity contribution < 1.29 is 4.74 Å². The van der Waals surface area contributed by atoms with E-state index in [0.29, 0.717) is 0 Å². The maximum atomic E-state index is 6.08. The second-order valence-electron chi connectivity index (χ2n) is 6.63. The summed E-state index contributed by atoms with van der Waals surface area (Å²) in [6.07, 6.45) is 4.07. The lowest BCUT2D eigenvalue weighted by molar-refractivity contribution is 0.149. The number of piperidine rings is 1. The predicted octanol–water partition coefficient (Wildman–Crippen LogP) is 3.00. The van der Waals surface area contributed by atoms with E-state index < -0.39 is 0 Å². The summed E-state index contributed by atoms with van der Waals surface area (Å²) in [4.78, 5) is 5.03. The second kappa shape index (κ2) is 7.28. The molecule has 2 aliphatic heterocycles. The van der Waals surface area contributed by atoms with Crippen LogP contribution in [0, 0.1) is 5.92 Å². The van der Waals surface area contributed by atoms with Crippen LogP contribution >= 0.6 is 0 Å². The van der Waals surface area contributed by atoms with Crippen molar-refractivity contribution in [3.05, 3.63) is 29.8 Å². The molecule has 3 rings (SSSR count). The molecule has 0 N–H and O–H groups in total. The molecule has 1 unspecified atom stereocenters. The number of hydrogen-bond acceptors (Lipinski definition) is 3. The first-order chi connectivity index (χ1) is 10.3. The zero-order valence-corrected chi connectivity index (χ0v) is 13.3. The highest BCUT2D eigenvalue weighted by Gasteiger charge is 2.17. The van der Waals surface area contributed by atoms with Crippen molar-refractivity contribution in [2.24, 2.45) is 5.92 Å². The van der Waals surface area contributed by atoms with Gasteiger partial charge in [0.2, 0.25) is 0 Å². The Kier molecular flexibility index (Phi) is 5.15. The van der Waals surface area contributed by atoms with Crippen LogP contribution in [0.3, 0.4) is 0 Å². The summed E-state index contributed by atoms with van der Waals surface area (Å²) in [5.41, 5.74) is 1.34. The Balaban J connectivity index is 1.48. The van der Waals surface area contributed by atoms with E-state index in [1.54, 1.807) is 0 Å². The van der Waals surface area contributed by atoms with Crippen molar-refractivity contribution in [1.29, 1.82) is 0 Å². The number of para-hydroxylation sites is 1. The largest absolute Gasteiger partial charge is 0.492 e. The van der Waals surface area contributed by atoms with Gasteiger partial charge in [0.15, 0.2) is 0 Å². The summed E-state index contributed by atoms with van der Waals surface area (Å²) < 4.78 is 6.08. The summed E-state index contributed by atoms with van der Waals surface area (Å²) in [6.45, 7) is 10.2. The fourth-order valence-corrected chi connectivity index (χ4v) is 3.33. The van der Waals surface area contributed by atoms with Gasteiger partial charge in [-0.2, -0.15) is 0 Å². The van der Waals surface area contributed by atoms with Crippen LogP contribution in [-0.4, -0.2) is 49.1 Å². The Bertz CT molecular complexity index is 445. The SMILES string of the molecule is CC1CCCN(CCOc2ccccc2CN2CCC2)C1. The normalized spacial score (nSPS) is 23.8. The van der Waals surface area contributed by atoms with Gasteiger partial charge in [-0.1, -0.05) is 25.1 Å². The van der Waals surface area contributed by atoms with E-state index in [4.69, 9.17) is 4.74 Å². The highest BCUT2D eigenvalue weighted by atomic mass is 16.5. The van der Waals surface area contributed by atoms with Gasteiger partial charge in [-0.3, -0.25) is 9.80 Å². The smallest absolute Gasteiger partial charge is 0.123 e. The molecule has 1 aromatic rings. The van der Waals surface area contributed by atoms with Gasteiger partial charge >= 0.3 is 0 Å². The third-order valence-electron chi connectivity index (χ3n) is 4.72. The van der Waals surface area contributed by atoms with Crippen molar-refractivity contribution in [2.75, 3.05) is 39.3 Å². The molecule has 0 aliphatic carbocycles. The predicted molar refractivity (Wildman–Crippen MR) is 86.7 cm³/mol. The average molecular weight is 288 g/mol. The Morgan fingerprint density at radius 1 is 1.10 bits per heavy atom. The van der Waals surface area contributed by atoms with Gasteiger partial charge in [0, 0.05) is 25.2 Å². The second-order valence-corrected chi connectivity index (χ2v) is 6.63. The quantitative estimate of drug-likeness (QED) is 0.800. The van der Waals surface area contributed by atoms with Crippen molar-refractivity contribution >= 4 is 0 Å². The van der Waals surface area contributed by atoms with Gasteiger partial charge in [0.25, 0.3) is 0 Å². The van der Waals surface area contributed by atoms with Gasteiger partial charge in [0.05, 0.1) is 0 Å². The molecule has 3 heteroatoms. The Hall–Kier alpha value is -1.06. The average Bonchev–Trinajstić information content (AvgIpc) is 2.44. The Morgan fingerprint density at radius 2 is 1.90 bits per heavy atom. The summed E-state index contributed by atoms with van der Waals surface area (Å²) in [5, 5.41) is 0. The molecule has 2 heterocycles. The van der Waals surface area contributed by atoms with E-state index in [1.165, 1.54) is 51.0 Å². The van der Waals surface area contributed by atoms with E-state index in [9.17, 15) is 0 Å². The molecule has 0 bridgehead atoms. The van der Waals surface area contributed by atoms with Gasteiger partial charge in [-0.05, 0) is 50.9 Å². The van der Waals surface area contributed by atoms with Crippen LogP contribution in [0.5, 0.6) is 5.75 Å². The van der Waals surface area contributed by atoms with E-state index in [0.717, 1.165) is 31.4 Å². The lowest BCUT2D eigenvalue weighted by Gasteiger charge is -2.32. The van der Waals surface area contributed by atoms with Gasteiger partial charge < -0.3 is 4.74 Å². The van der Waals surface area contributed by atoms with Crippen LogP contribution in [-0.2, 0) is 6.54 Å². The third-order valence-corrected chi connectivity index (χ3v) is 4.72. The summed E-state index contributed by atoms with van der Waals surface area (Å²) in [5.74, 6) is 1.92. The lowest BCUT2D eigenvalue weighted by Crippen LogP contribution is -2.37. The molecule has 2 saturated heterocycles. The minimum absolute atomic E-state index is 0.809. The van der Waals surface area contributed by atoms with Crippen LogP contribution in [0.1, 0.15) is 31.7 Å². The first kappa shape index (κ1) is 14.9. The van der Waals surface area contributed by atoms with Gasteiger partial charge in [-0.15, -0.1) is 0 Å². The van der Waals surface area contributed by atoms with E-state index >= 15 is 0 Å².